The van der Waals surface area contributed by atoms with Crippen molar-refractivity contribution in [2.24, 2.45) is 5.92 Å². The lowest BCUT2D eigenvalue weighted by molar-refractivity contribution is -0.120. The van der Waals surface area contributed by atoms with Crippen LogP contribution < -0.4 is 5.32 Å². The zero-order valence-corrected chi connectivity index (χ0v) is 18.4. The number of piperidine rings is 1. The summed E-state index contributed by atoms with van der Waals surface area (Å²) in [6.45, 7) is 0.557. The van der Waals surface area contributed by atoms with E-state index in [0.717, 1.165) is 5.56 Å². The molecule has 8 heteroatoms. The highest BCUT2D eigenvalue weighted by Gasteiger charge is 2.32. The van der Waals surface area contributed by atoms with Gasteiger partial charge in [0.15, 0.2) is 0 Å². The van der Waals surface area contributed by atoms with E-state index in [1.54, 1.807) is 6.07 Å². The zero-order valence-electron chi connectivity index (χ0n) is 16.0. The molecule has 1 saturated heterocycles. The van der Waals surface area contributed by atoms with Crippen molar-refractivity contribution in [2.45, 2.75) is 25.7 Å². The number of hydrogen-bond donors (Lipinski definition) is 1. The van der Waals surface area contributed by atoms with E-state index in [1.807, 2.05) is 30.3 Å². The number of carbonyl (C=O) groups excluding carboxylic acids is 1. The van der Waals surface area contributed by atoms with Gasteiger partial charge in [0, 0.05) is 17.6 Å². The maximum Gasteiger partial charge on any atom is 0.228 e. The van der Waals surface area contributed by atoms with Crippen LogP contribution in [0.3, 0.4) is 0 Å². The predicted octanol–water partition coefficient (Wildman–Crippen LogP) is 4.20. The van der Waals surface area contributed by atoms with Gasteiger partial charge in [-0.3, -0.25) is 4.79 Å². The van der Waals surface area contributed by atoms with Gasteiger partial charge in [-0.05, 0) is 49.4 Å². The summed E-state index contributed by atoms with van der Waals surface area (Å²) in [6, 6.07) is 14.2. The molecule has 29 heavy (non-hydrogen) atoms. The van der Waals surface area contributed by atoms with Crippen LogP contribution in [-0.4, -0.2) is 37.5 Å². The van der Waals surface area contributed by atoms with Crippen molar-refractivity contribution >= 4 is 37.5 Å². The Morgan fingerprint density at radius 1 is 1.21 bits per heavy atom. The lowest BCUT2D eigenvalue weighted by Gasteiger charge is -2.31. The van der Waals surface area contributed by atoms with E-state index in [4.69, 9.17) is 0 Å². The minimum absolute atomic E-state index is 0.0531. The van der Waals surface area contributed by atoms with Crippen molar-refractivity contribution < 1.29 is 17.6 Å². The van der Waals surface area contributed by atoms with E-state index in [1.165, 1.54) is 16.4 Å². The molecule has 1 aliphatic heterocycles. The molecule has 0 radical (unpaired) electrons. The first-order valence-corrected chi connectivity index (χ1v) is 12.0. The molecule has 0 aliphatic carbocycles. The van der Waals surface area contributed by atoms with Crippen molar-refractivity contribution in [1.82, 2.24) is 4.31 Å². The van der Waals surface area contributed by atoms with Crippen molar-refractivity contribution in [2.75, 3.05) is 24.2 Å². The first-order chi connectivity index (χ1) is 13.8. The summed E-state index contributed by atoms with van der Waals surface area (Å²) < 4.78 is 41.4. The van der Waals surface area contributed by atoms with Crippen molar-refractivity contribution in [3.63, 3.8) is 0 Å². The summed E-state index contributed by atoms with van der Waals surface area (Å²) in [5, 5.41) is 2.59. The summed E-state index contributed by atoms with van der Waals surface area (Å²) in [7, 11) is -3.43. The standard InChI is InChI=1S/C21H24BrFN2O3S/c22-18-10-11-20(19(23)14-18)24-21(26)17-9-4-12-25(15-17)29(27,28)13-5-8-16-6-2-1-3-7-16/h1-3,6-7,10-11,14,17H,4-5,8-9,12-13,15H2,(H,24,26)/t17-/m1/s1. The van der Waals surface area contributed by atoms with E-state index < -0.39 is 21.8 Å². The van der Waals surface area contributed by atoms with Crippen molar-refractivity contribution in [1.29, 1.82) is 0 Å². The molecule has 156 valence electrons. The Balaban J connectivity index is 1.56. The molecule has 5 nitrogen and oxygen atoms in total. The van der Waals surface area contributed by atoms with Crippen LogP contribution in [0.1, 0.15) is 24.8 Å². The second-order valence-corrected chi connectivity index (χ2v) is 10.2. The lowest BCUT2D eigenvalue weighted by atomic mass is 9.98. The van der Waals surface area contributed by atoms with Crippen LogP contribution in [0.15, 0.2) is 53.0 Å². The van der Waals surface area contributed by atoms with Gasteiger partial charge >= 0.3 is 0 Å². The number of hydrogen-bond acceptors (Lipinski definition) is 3. The molecular formula is C21H24BrFN2O3S. The molecule has 0 aromatic heterocycles. The maximum absolute atomic E-state index is 14.0. The number of sulfonamides is 1. The van der Waals surface area contributed by atoms with E-state index in [-0.39, 0.29) is 23.9 Å². The molecule has 1 atom stereocenters. The van der Waals surface area contributed by atoms with Crippen LogP contribution >= 0.6 is 15.9 Å². The summed E-state index contributed by atoms with van der Waals surface area (Å²) in [5.74, 6) is -1.32. The van der Waals surface area contributed by atoms with Gasteiger partial charge in [-0.15, -0.1) is 0 Å². The first-order valence-electron chi connectivity index (χ1n) is 9.63. The Hall–Kier alpha value is -1.77. The number of rotatable bonds is 7. The number of anilines is 1. The molecule has 0 bridgehead atoms. The third kappa shape index (κ3) is 6.10. The van der Waals surface area contributed by atoms with Crippen LogP contribution in [0.2, 0.25) is 0 Å². The summed E-state index contributed by atoms with van der Waals surface area (Å²) >= 11 is 3.18. The number of aryl methyl sites for hydroxylation is 1. The largest absolute Gasteiger partial charge is 0.323 e. The molecule has 0 unspecified atom stereocenters. The number of benzene rings is 2. The minimum Gasteiger partial charge on any atom is -0.323 e. The van der Waals surface area contributed by atoms with Gasteiger partial charge in [0.2, 0.25) is 15.9 Å². The van der Waals surface area contributed by atoms with Gasteiger partial charge < -0.3 is 5.32 Å². The monoisotopic (exact) mass is 482 g/mol. The number of nitrogens with one attached hydrogen (secondary N) is 1. The summed E-state index contributed by atoms with van der Waals surface area (Å²) in [5.41, 5.74) is 1.20. The van der Waals surface area contributed by atoms with Gasteiger partial charge in [0.25, 0.3) is 0 Å². The molecule has 2 aromatic carbocycles. The Labute approximate surface area is 179 Å². The Bertz CT molecular complexity index is 954. The summed E-state index contributed by atoms with van der Waals surface area (Å²) in [4.78, 5) is 12.6. The average molecular weight is 483 g/mol. The van der Waals surface area contributed by atoms with Gasteiger partial charge in [0.1, 0.15) is 5.82 Å². The van der Waals surface area contributed by atoms with Crippen molar-refractivity contribution in [3.8, 4) is 0 Å². The molecule has 1 fully saturated rings. The fraction of sp³-hybridized carbons (Fsp3) is 0.381. The normalized spacial score (nSPS) is 17.8. The fourth-order valence-corrected chi connectivity index (χ4v) is 5.38. The molecule has 0 saturated carbocycles. The molecule has 1 N–H and O–H groups in total. The highest BCUT2D eigenvalue weighted by molar-refractivity contribution is 9.10. The average Bonchev–Trinajstić information content (AvgIpc) is 2.71. The summed E-state index contributed by atoms with van der Waals surface area (Å²) in [6.07, 6.45) is 2.42. The number of amides is 1. The molecule has 3 rings (SSSR count). The quantitative estimate of drug-likeness (QED) is 0.642. The number of carbonyl (C=O) groups is 1. The highest BCUT2D eigenvalue weighted by Crippen LogP contribution is 2.24. The fourth-order valence-electron chi connectivity index (χ4n) is 3.47. The van der Waals surface area contributed by atoms with Crippen LogP contribution in [0.5, 0.6) is 0 Å². The van der Waals surface area contributed by atoms with Gasteiger partial charge in [0.05, 0.1) is 17.4 Å². The van der Waals surface area contributed by atoms with E-state index >= 15 is 0 Å². The Morgan fingerprint density at radius 2 is 1.97 bits per heavy atom. The predicted molar refractivity (Wildman–Crippen MR) is 116 cm³/mol. The van der Waals surface area contributed by atoms with Crippen LogP contribution in [0, 0.1) is 11.7 Å². The third-order valence-corrected chi connectivity index (χ3v) is 7.46. The minimum atomic E-state index is -3.43. The lowest BCUT2D eigenvalue weighted by Crippen LogP contribution is -2.44. The molecule has 0 spiro atoms. The van der Waals surface area contributed by atoms with Crippen molar-refractivity contribution in [3.05, 3.63) is 64.4 Å². The van der Waals surface area contributed by atoms with Gasteiger partial charge in [-0.1, -0.05) is 46.3 Å². The van der Waals surface area contributed by atoms with E-state index in [0.29, 0.717) is 36.7 Å². The Kier molecular flexibility index (Phi) is 7.43. The second kappa shape index (κ2) is 9.82. The topological polar surface area (TPSA) is 66.5 Å². The number of halogens is 2. The van der Waals surface area contributed by atoms with Crippen LogP contribution in [0.25, 0.3) is 0 Å². The highest BCUT2D eigenvalue weighted by atomic mass is 79.9. The smallest absolute Gasteiger partial charge is 0.228 e. The maximum atomic E-state index is 14.0. The van der Waals surface area contributed by atoms with E-state index in [9.17, 15) is 17.6 Å². The first kappa shape index (κ1) is 21.9. The van der Waals surface area contributed by atoms with Crippen LogP contribution in [0.4, 0.5) is 10.1 Å². The zero-order chi connectivity index (χ0) is 20.9. The molecule has 2 aromatic rings. The van der Waals surface area contributed by atoms with Gasteiger partial charge in [-0.2, -0.15) is 0 Å². The Morgan fingerprint density at radius 3 is 2.69 bits per heavy atom. The molecule has 1 amide bonds. The van der Waals surface area contributed by atoms with Gasteiger partial charge in [-0.25, -0.2) is 17.1 Å². The third-order valence-electron chi connectivity index (χ3n) is 5.05. The second-order valence-electron chi connectivity index (χ2n) is 7.22. The number of nitrogens with zero attached hydrogens (tertiary/aromatic N) is 1. The van der Waals surface area contributed by atoms with Crippen LogP contribution in [-0.2, 0) is 21.2 Å². The molecular weight excluding hydrogens is 459 g/mol. The molecule has 1 heterocycles. The molecule has 1 aliphatic rings. The SMILES string of the molecule is O=C(Nc1ccc(Br)cc1F)[C@@H]1CCCN(S(=O)(=O)CCCc2ccccc2)C1. The van der Waals surface area contributed by atoms with E-state index in [2.05, 4.69) is 21.2 Å².